The summed E-state index contributed by atoms with van der Waals surface area (Å²) in [6.45, 7) is 3.04. The number of anilines is 1. The fourth-order valence-electron chi connectivity index (χ4n) is 2.54. The van der Waals surface area contributed by atoms with Crippen molar-refractivity contribution in [2.75, 3.05) is 12.3 Å². The van der Waals surface area contributed by atoms with Gasteiger partial charge in [0.1, 0.15) is 0 Å². The average Bonchev–Trinajstić information content (AvgIpc) is 2.39. The quantitative estimate of drug-likeness (QED) is 0.873. The molecule has 0 unspecified atom stereocenters. The molecule has 2 N–H and O–H groups in total. The topological polar surface area (TPSA) is 42.1 Å². The standard InChI is InChI=1S/C15H17N3/c16-15-7-12(8-17-9-15)10-18-6-5-13-3-1-2-4-14(13)11-18/h1-4,7-9H,5-6,10-11,16H2. The number of benzene rings is 1. The molecule has 2 heterocycles. The highest BCUT2D eigenvalue weighted by Gasteiger charge is 2.15. The molecule has 2 aromatic rings. The lowest BCUT2D eigenvalue weighted by molar-refractivity contribution is 0.245. The summed E-state index contributed by atoms with van der Waals surface area (Å²) in [4.78, 5) is 6.59. The number of nitrogens with zero attached hydrogens (tertiary/aromatic N) is 2. The SMILES string of the molecule is Nc1cncc(CN2CCc3ccccc3C2)c1. The van der Waals surface area contributed by atoms with Gasteiger partial charge in [-0.1, -0.05) is 24.3 Å². The van der Waals surface area contributed by atoms with Crippen molar-refractivity contribution in [2.45, 2.75) is 19.5 Å². The lowest BCUT2D eigenvalue weighted by Gasteiger charge is -2.28. The largest absolute Gasteiger partial charge is 0.397 e. The summed E-state index contributed by atoms with van der Waals surface area (Å²) in [6.07, 6.45) is 4.72. The number of nitrogen functional groups attached to an aromatic ring is 1. The van der Waals surface area contributed by atoms with Gasteiger partial charge in [0, 0.05) is 32.0 Å². The Labute approximate surface area is 107 Å². The van der Waals surface area contributed by atoms with Gasteiger partial charge in [0.2, 0.25) is 0 Å². The van der Waals surface area contributed by atoms with Crippen LogP contribution in [-0.2, 0) is 19.5 Å². The minimum absolute atomic E-state index is 0.741. The summed E-state index contributed by atoms with van der Waals surface area (Å²) in [5.74, 6) is 0. The predicted molar refractivity (Wildman–Crippen MR) is 72.9 cm³/mol. The van der Waals surface area contributed by atoms with Crippen molar-refractivity contribution < 1.29 is 0 Å². The second-order valence-corrected chi connectivity index (χ2v) is 4.86. The number of hydrogen-bond donors (Lipinski definition) is 1. The molecular weight excluding hydrogens is 222 g/mol. The highest BCUT2D eigenvalue weighted by Crippen LogP contribution is 2.20. The number of pyridine rings is 1. The molecule has 92 valence electrons. The zero-order valence-electron chi connectivity index (χ0n) is 10.3. The molecule has 3 nitrogen and oxygen atoms in total. The first-order valence-electron chi connectivity index (χ1n) is 6.30. The Morgan fingerprint density at radius 3 is 2.83 bits per heavy atom. The molecule has 0 bridgehead atoms. The summed E-state index contributed by atoms with van der Waals surface area (Å²) in [7, 11) is 0. The van der Waals surface area contributed by atoms with E-state index in [4.69, 9.17) is 5.73 Å². The summed E-state index contributed by atoms with van der Waals surface area (Å²) in [5.41, 5.74) is 10.6. The van der Waals surface area contributed by atoms with E-state index in [9.17, 15) is 0 Å². The van der Waals surface area contributed by atoms with Gasteiger partial charge < -0.3 is 5.73 Å². The van der Waals surface area contributed by atoms with E-state index in [0.717, 1.165) is 31.7 Å². The van der Waals surface area contributed by atoms with E-state index in [1.807, 2.05) is 12.3 Å². The van der Waals surface area contributed by atoms with E-state index in [1.54, 1.807) is 6.20 Å². The number of aromatic nitrogens is 1. The lowest BCUT2D eigenvalue weighted by atomic mass is 9.99. The summed E-state index contributed by atoms with van der Waals surface area (Å²) < 4.78 is 0. The van der Waals surface area contributed by atoms with Crippen molar-refractivity contribution in [2.24, 2.45) is 0 Å². The van der Waals surface area contributed by atoms with E-state index in [-0.39, 0.29) is 0 Å². The van der Waals surface area contributed by atoms with Crippen molar-refractivity contribution in [1.82, 2.24) is 9.88 Å². The molecule has 0 spiro atoms. The van der Waals surface area contributed by atoms with Crippen molar-refractivity contribution in [3.05, 3.63) is 59.4 Å². The van der Waals surface area contributed by atoms with Gasteiger partial charge in [-0.2, -0.15) is 0 Å². The molecule has 0 saturated heterocycles. The highest BCUT2D eigenvalue weighted by atomic mass is 15.1. The van der Waals surface area contributed by atoms with Crippen molar-refractivity contribution in [1.29, 1.82) is 0 Å². The van der Waals surface area contributed by atoms with Gasteiger partial charge in [-0.25, -0.2) is 0 Å². The molecule has 1 aromatic heterocycles. The molecule has 0 saturated carbocycles. The van der Waals surface area contributed by atoms with Crippen LogP contribution in [0.5, 0.6) is 0 Å². The first kappa shape index (κ1) is 11.2. The van der Waals surface area contributed by atoms with Crippen LogP contribution in [0.1, 0.15) is 16.7 Å². The Balaban J connectivity index is 1.73. The van der Waals surface area contributed by atoms with Crippen molar-refractivity contribution in [3.63, 3.8) is 0 Å². The van der Waals surface area contributed by atoms with Crippen LogP contribution < -0.4 is 5.73 Å². The van der Waals surface area contributed by atoms with Gasteiger partial charge in [0.25, 0.3) is 0 Å². The van der Waals surface area contributed by atoms with Crippen LogP contribution in [0, 0.1) is 0 Å². The van der Waals surface area contributed by atoms with Crippen LogP contribution >= 0.6 is 0 Å². The first-order chi connectivity index (χ1) is 8.81. The van der Waals surface area contributed by atoms with Crippen molar-refractivity contribution in [3.8, 4) is 0 Å². The maximum Gasteiger partial charge on any atom is 0.0503 e. The molecular formula is C15H17N3. The van der Waals surface area contributed by atoms with E-state index in [0.29, 0.717) is 0 Å². The molecule has 0 aliphatic carbocycles. The Morgan fingerprint density at radius 2 is 2.00 bits per heavy atom. The number of hydrogen-bond acceptors (Lipinski definition) is 3. The van der Waals surface area contributed by atoms with Gasteiger partial charge in [0.15, 0.2) is 0 Å². The zero-order chi connectivity index (χ0) is 12.4. The Kier molecular flexibility index (Phi) is 2.99. The fraction of sp³-hybridized carbons (Fsp3) is 0.267. The van der Waals surface area contributed by atoms with E-state index >= 15 is 0 Å². The lowest BCUT2D eigenvalue weighted by Crippen LogP contribution is -2.30. The Hall–Kier alpha value is -1.87. The summed E-state index contributed by atoms with van der Waals surface area (Å²) in [6, 6.07) is 10.7. The van der Waals surface area contributed by atoms with Crippen LogP contribution in [0.3, 0.4) is 0 Å². The van der Waals surface area contributed by atoms with Gasteiger partial charge >= 0.3 is 0 Å². The first-order valence-corrected chi connectivity index (χ1v) is 6.30. The Bertz CT molecular complexity index is 551. The van der Waals surface area contributed by atoms with Crippen LogP contribution in [0.25, 0.3) is 0 Å². The normalized spacial score (nSPS) is 15.3. The van der Waals surface area contributed by atoms with Crippen LogP contribution in [0.2, 0.25) is 0 Å². The monoisotopic (exact) mass is 239 g/mol. The summed E-state index contributed by atoms with van der Waals surface area (Å²) in [5, 5.41) is 0. The number of rotatable bonds is 2. The number of nitrogens with two attached hydrogens (primary N) is 1. The van der Waals surface area contributed by atoms with E-state index in [2.05, 4.69) is 34.1 Å². The maximum atomic E-state index is 5.76. The fourth-order valence-corrected chi connectivity index (χ4v) is 2.54. The molecule has 0 radical (unpaired) electrons. The van der Waals surface area contributed by atoms with E-state index in [1.165, 1.54) is 16.7 Å². The molecule has 3 rings (SSSR count). The Morgan fingerprint density at radius 1 is 1.17 bits per heavy atom. The third-order valence-electron chi connectivity index (χ3n) is 3.43. The molecule has 1 aromatic carbocycles. The summed E-state index contributed by atoms with van der Waals surface area (Å²) >= 11 is 0. The van der Waals surface area contributed by atoms with Crippen LogP contribution in [-0.4, -0.2) is 16.4 Å². The molecule has 18 heavy (non-hydrogen) atoms. The van der Waals surface area contributed by atoms with Gasteiger partial charge in [0.05, 0.1) is 5.69 Å². The molecule has 0 amide bonds. The minimum Gasteiger partial charge on any atom is -0.397 e. The van der Waals surface area contributed by atoms with Crippen molar-refractivity contribution >= 4 is 5.69 Å². The second-order valence-electron chi connectivity index (χ2n) is 4.86. The maximum absolute atomic E-state index is 5.76. The van der Waals surface area contributed by atoms with Crippen LogP contribution in [0.15, 0.2) is 42.7 Å². The molecule has 3 heteroatoms. The number of fused-ring (bicyclic) bond motifs is 1. The van der Waals surface area contributed by atoms with E-state index < -0.39 is 0 Å². The zero-order valence-corrected chi connectivity index (χ0v) is 10.3. The highest BCUT2D eigenvalue weighted by molar-refractivity contribution is 5.37. The molecule has 1 aliphatic rings. The van der Waals surface area contributed by atoms with Gasteiger partial charge in [-0.3, -0.25) is 9.88 Å². The second kappa shape index (κ2) is 4.78. The smallest absolute Gasteiger partial charge is 0.0503 e. The van der Waals surface area contributed by atoms with Gasteiger partial charge in [-0.15, -0.1) is 0 Å². The third kappa shape index (κ3) is 2.36. The van der Waals surface area contributed by atoms with Gasteiger partial charge in [-0.05, 0) is 29.2 Å². The third-order valence-corrected chi connectivity index (χ3v) is 3.43. The molecule has 0 fully saturated rings. The average molecular weight is 239 g/mol. The molecule has 1 aliphatic heterocycles. The minimum atomic E-state index is 0.741. The molecule has 0 atom stereocenters. The van der Waals surface area contributed by atoms with Crippen LogP contribution in [0.4, 0.5) is 5.69 Å². The predicted octanol–water partition coefficient (Wildman–Crippen LogP) is 2.22.